The van der Waals surface area contributed by atoms with Crippen LogP contribution in [-0.4, -0.2) is 55.2 Å². The van der Waals surface area contributed by atoms with Crippen LogP contribution in [0.4, 0.5) is 36.8 Å². The van der Waals surface area contributed by atoms with Crippen molar-refractivity contribution in [3.05, 3.63) is 41.0 Å². The first-order valence-corrected chi connectivity index (χ1v) is 11.2. The van der Waals surface area contributed by atoms with Crippen LogP contribution in [0.1, 0.15) is 36.0 Å². The molecule has 1 heterocycles. The molecule has 198 valence electrons. The first-order chi connectivity index (χ1) is 16.7. The topological polar surface area (TPSA) is 65.0 Å². The standard InChI is InChI=1S/C24H27F6N3O3/c1-32(2)13-18-19(31-22(35)33-7-5-4-6-8-33)12-17(20(34)21(18)36-3)14-9-15(23(25,26)27)11-16(10-14)24(28,29)30/h9-12,34H,4-8,13H2,1-3H3,(H,31,35). The number of urea groups is 1. The number of hydrogen-bond acceptors (Lipinski definition) is 4. The average molecular weight is 519 g/mol. The highest BCUT2D eigenvalue weighted by molar-refractivity contribution is 5.93. The summed E-state index contributed by atoms with van der Waals surface area (Å²) in [7, 11) is 4.63. The van der Waals surface area contributed by atoms with Crippen molar-refractivity contribution in [3.63, 3.8) is 0 Å². The van der Waals surface area contributed by atoms with Crippen LogP contribution in [0.3, 0.4) is 0 Å². The van der Waals surface area contributed by atoms with Crippen LogP contribution < -0.4 is 10.1 Å². The number of alkyl halides is 6. The highest BCUT2D eigenvalue weighted by Gasteiger charge is 2.37. The van der Waals surface area contributed by atoms with Crippen molar-refractivity contribution in [1.82, 2.24) is 9.80 Å². The lowest BCUT2D eigenvalue weighted by atomic mass is 9.95. The molecule has 12 heteroatoms. The minimum atomic E-state index is -5.06. The Balaban J connectivity index is 2.22. The van der Waals surface area contributed by atoms with Gasteiger partial charge in [0.2, 0.25) is 0 Å². The molecule has 3 rings (SSSR count). The quantitative estimate of drug-likeness (QED) is 0.366. The van der Waals surface area contributed by atoms with Gasteiger partial charge >= 0.3 is 18.4 Å². The van der Waals surface area contributed by atoms with Gasteiger partial charge in [0.15, 0.2) is 11.5 Å². The molecule has 6 nitrogen and oxygen atoms in total. The van der Waals surface area contributed by atoms with Gasteiger partial charge in [-0.15, -0.1) is 0 Å². The van der Waals surface area contributed by atoms with Crippen LogP contribution in [0.25, 0.3) is 11.1 Å². The van der Waals surface area contributed by atoms with E-state index >= 15 is 0 Å². The number of halogens is 6. The summed E-state index contributed by atoms with van der Waals surface area (Å²) < 4.78 is 86.0. The number of rotatable bonds is 5. The molecular formula is C24H27F6N3O3. The maximum absolute atomic E-state index is 13.4. The van der Waals surface area contributed by atoms with E-state index < -0.39 is 40.8 Å². The summed E-state index contributed by atoms with van der Waals surface area (Å²) >= 11 is 0. The summed E-state index contributed by atoms with van der Waals surface area (Å²) in [5.41, 5.74) is -3.51. The number of carbonyl (C=O) groups is 1. The number of amides is 2. The van der Waals surface area contributed by atoms with Crippen molar-refractivity contribution in [2.45, 2.75) is 38.2 Å². The van der Waals surface area contributed by atoms with Crippen LogP contribution in [0.15, 0.2) is 24.3 Å². The molecule has 1 fully saturated rings. The number of ether oxygens (including phenoxy) is 1. The van der Waals surface area contributed by atoms with Gasteiger partial charge in [0.1, 0.15) is 0 Å². The van der Waals surface area contributed by atoms with Crippen molar-refractivity contribution in [1.29, 1.82) is 0 Å². The monoisotopic (exact) mass is 519 g/mol. The zero-order valence-electron chi connectivity index (χ0n) is 20.0. The van der Waals surface area contributed by atoms with E-state index in [1.165, 1.54) is 13.2 Å². The molecule has 1 aliphatic heterocycles. The summed E-state index contributed by atoms with van der Waals surface area (Å²) in [5, 5.41) is 13.6. The van der Waals surface area contributed by atoms with Gasteiger partial charge < -0.3 is 25.0 Å². The van der Waals surface area contributed by atoms with Crippen molar-refractivity contribution >= 4 is 11.7 Å². The molecule has 0 bridgehead atoms. The fraction of sp³-hybridized carbons (Fsp3) is 0.458. The minimum Gasteiger partial charge on any atom is -0.504 e. The normalized spacial score (nSPS) is 14.8. The number of phenols is 1. The number of nitrogens with one attached hydrogen (secondary N) is 1. The Morgan fingerprint density at radius 2 is 1.56 bits per heavy atom. The fourth-order valence-electron chi connectivity index (χ4n) is 4.11. The number of piperidine rings is 1. The summed E-state index contributed by atoms with van der Waals surface area (Å²) in [6.45, 7) is 1.18. The highest BCUT2D eigenvalue weighted by Crippen LogP contribution is 2.46. The smallest absolute Gasteiger partial charge is 0.416 e. The molecule has 0 aliphatic carbocycles. The van der Waals surface area contributed by atoms with Gasteiger partial charge in [-0.3, -0.25) is 0 Å². The van der Waals surface area contributed by atoms with Gasteiger partial charge in [-0.05, 0) is 63.2 Å². The molecule has 2 amide bonds. The number of anilines is 1. The third-order valence-corrected chi connectivity index (χ3v) is 5.82. The second-order valence-electron chi connectivity index (χ2n) is 8.84. The van der Waals surface area contributed by atoms with Crippen LogP contribution in [-0.2, 0) is 18.9 Å². The van der Waals surface area contributed by atoms with Crippen molar-refractivity contribution < 1.29 is 41.0 Å². The summed E-state index contributed by atoms with van der Waals surface area (Å²) in [6, 6.07) is 1.76. The third-order valence-electron chi connectivity index (χ3n) is 5.82. The van der Waals surface area contributed by atoms with E-state index in [1.807, 2.05) is 0 Å². The van der Waals surface area contributed by atoms with Gasteiger partial charge in [0, 0.05) is 30.8 Å². The number of nitrogens with zero attached hydrogens (tertiary/aromatic N) is 2. The van der Waals surface area contributed by atoms with Crippen LogP contribution in [0.2, 0.25) is 0 Å². The third kappa shape index (κ3) is 6.15. The van der Waals surface area contributed by atoms with Crippen molar-refractivity contribution in [2.24, 2.45) is 0 Å². The molecule has 1 aliphatic rings. The predicted molar refractivity (Wildman–Crippen MR) is 122 cm³/mol. The lowest BCUT2D eigenvalue weighted by Gasteiger charge is -2.28. The SMILES string of the molecule is COc1c(O)c(-c2cc(C(F)(F)F)cc(C(F)(F)F)c2)cc(NC(=O)N2CCCCC2)c1CN(C)C. The van der Waals surface area contributed by atoms with Crippen molar-refractivity contribution in [2.75, 3.05) is 39.6 Å². The summed E-state index contributed by atoms with van der Waals surface area (Å²) in [6.07, 6.45) is -7.53. The molecular weight excluding hydrogens is 492 g/mol. The molecule has 0 saturated carbocycles. The maximum Gasteiger partial charge on any atom is 0.416 e. The second kappa shape index (κ2) is 10.5. The molecule has 2 aromatic rings. The number of phenolic OH excluding ortho intramolecular Hbond substituents is 1. The van der Waals surface area contributed by atoms with Gasteiger partial charge in [-0.25, -0.2) is 4.79 Å². The lowest BCUT2D eigenvalue weighted by Crippen LogP contribution is -2.39. The number of methoxy groups -OCH3 is 1. The van der Waals surface area contributed by atoms with E-state index in [0.29, 0.717) is 30.8 Å². The van der Waals surface area contributed by atoms with Crippen LogP contribution in [0.5, 0.6) is 11.5 Å². The maximum atomic E-state index is 13.4. The molecule has 0 spiro atoms. The molecule has 0 radical (unpaired) electrons. The predicted octanol–water partition coefficient (Wildman–Crippen LogP) is 6.18. The lowest BCUT2D eigenvalue weighted by molar-refractivity contribution is -0.143. The largest absolute Gasteiger partial charge is 0.504 e. The van der Waals surface area contributed by atoms with Crippen molar-refractivity contribution in [3.8, 4) is 22.6 Å². The fourth-order valence-corrected chi connectivity index (χ4v) is 4.11. The summed E-state index contributed by atoms with van der Waals surface area (Å²) in [4.78, 5) is 16.2. The zero-order chi connectivity index (χ0) is 26.8. The van der Waals surface area contributed by atoms with Gasteiger partial charge in [0.05, 0.1) is 23.9 Å². The number of benzene rings is 2. The Hall–Kier alpha value is -3.15. The Kier molecular flexibility index (Phi) is 7.97. The van der Waals surface area contributed by atoms with E-state index in [-0.39, 0.29) is 29.6 Å². The number of carbonyl (C=O) groups excluding carboxylic acids is 1. The van der Waals surface area contributed by atoms with Gasteiger partial charge in [-0.2, -0.15) is 26.3 Å². The van der Waals surface area contributed by atoms with Gasteiger partial charge in [-0.1, -0.05) is 0 Å². The molecule has 2 aromatic carbocycles. The van der Waals surface area contributed by atoms with E-state index in [4.69, 9.17) is 4.74 Å². The minimum absolute atomic E-state index is 0.0111. The molecule has 0 unspecified atom stereocenters. The Bertz CT molecular complexity index is 1080. The Morgan fingerprint density at radius 3 is 2.03 bits per heavy atom. The van der Waals surface area contributed by atoms with Crippen LogP contribution in [0, 0.1) is 0 Å². The molecule has 0 aromatic heterocycles. The number of aromatic hydroxyl groups is 1. The molecule has 1 saturated heterocycles. The Labute approximate surface area is 204 Å². The van der Waals surface area contributed by atoms with Gasteiger partial charge in [0.25, 0.3) is 0 Å². The zero-order valence-corrected chi connectivity index (χ0v) is 20.0. The van der Waals surface area contributed by atoms with E-state index in [9.17, 15) is 36.2 Å². The Morgan fingerprint density at radius 1 is 1.00 bits per heavy atom. The van der Waals surface area contributed by atoms with E-state index in [1.54, 1.807) is 23.9 Å². The second-order valence-corrected chi connectivity index (χ2v) is 8.84. The van der Waals surface area contributed by atoms with E-state index in [0.717, 1.165) is 19.3 Å². The summed E-state index contributed by atoms with van der Waals surface area (Å²) in [5.74, 6) is -0.807. The number of hydrogen-bond donors (Lipinski definition) is 2. The average Bonchev–Trinajstić information content (AvgIpc) is 2.79. The first kappa shape index (κ1) is 27.4. The van der Waals surface area contributed by atoms with Crippen LogP contribution >= 0.6 is 0 Å². The number of likely N-dealkylation sites (tertiary alicyclic amines) is 1. The molecule has 2 N–H and O–H groups in total. The first-order valence-electron chi connectivity index (χ1n) is 11.2. The molecule has 36 heavy (non-hydrogen) atoms. The highest BCUT2D eigenvalue weighted by atomic mass is 19.4. The molecule has 0 atom stereocenters. The van der Waals surface area contributed by atoms with E-state index in [2.05, 4.69) is 5.32 Å².